The predicted octanol–water partition coefficient (Wildman–Crippen LogP) is 1.99. The molecule has 0 radical (unpaired) electrons. The van der Waals surface area contributed by atoms with Gasteiger partial charge in [0, 0.05) is 18.8 Å². The van der Waals surface area contributed by atoms with Crippen LogP contribution < -0.4 is 14.8 Å². The highest BCUT2D eigenvalue weighted by Crippen LogP contribution is 2.34. The largest absolute Gasteiger partial charge is 0.454 e. The molecular weight excluding hydrogens is 344 g/mol. The molecule has 1 aliphatic rings. The molecule has 1 heterocycles. The van der Waals surface area contributed by atoms with Gasteiger partial charge in [-0.25, -0.2) is 8.42 Å². The van der Waals surface area contributed by atoms with Crippen LogP contribution in [0.3, 0.4) is 0 Å². The lowest BCUT2D eigenvalue weighted by Crippen LogP contribution is -2.38. The van der Waals surface area contributed by atoms with Crippen molar-refractivity contribution in [3.63, 3.8) is 0 Å². The third-order valence-electron chi connectivity index (χ3n) is 3.89. The van der Waals surface area contributed by atoms with Crippen molar-refractivity contribution in [1.29, 1.82) is 0 Å². The first-order chi connectivity index (χ1) is 11.9. The van der Waals surface area contributed by atoms with Gasteiger partial charge >= 0.3 is 0 Å². The van der Waals surface area contributed by atoms with Crippen LogP contribution >= 0.6 is 0 Å². The van der Waals surface area contributed by atoms with E-state index < -0.39 is 22.0 Å². The van der Waals surface area contributed by atoms with Crippen LogP contribution in [0.2, 0.25) is 0 Å². The van der Waals surface area contributed by atoms with Gasteiger partial charge in [-0.2, -0.15) is 4.31 Å². The minimum atomic E-state index is -3.57. The summed E-state index contributed by atoms with van der Waals surface area (Å²) in [5, 5.41) is 2.74. The summed E-state index contributed by atoms with van der Waals surface area (Å²) in [5.41, 5.74) is 1.07. The van der Waals surface area contributed by atoms with E-state index in [1.54, 1.807) is 48.5 Å². The number of ether oxygens (including phenoxy) is 2. The molecule has 0 bridgehead atoms. The summed E-state index contributed by atoms with van der Waals surface area (Å²) in [6, 6.07) is 12.8. The van der Waals surface area contributed by atoms with Gasteiger partial charge in [0.05, 0.1) is 6.26 Å². The standard InChI is InChI=1S/C17H18N2O5S/c1-19(25(2,21)22)16(12-6-4-3-5-7-12)17(20)18-13-8-9-14-15(10-13)24-11-23-14/h3-10,16H,11H2,1-2H3,(H,18,20)/t16-/m1/s1. The van der Waals surface area contributed by atoms with Crippen LogP contribution in [0.1, 0.15) is 11.6 Å². The zero-order valence-corrected chi connectivity index (χ0v) is 14.6. The predicted molar refractivity (Wildman–Crippen MR) is 93.0 cm³/mol. The molecule has 7 nitrogen and oxygen atoms in total. The second kappa shape index (κ2) is 6.73. The monoisotopic (exact) mass is 362 g/mol. The molecule has 0 saturated carbocycles. The molecule has 1 atom stereocenters. The molecule has 0 saturated heterocycles. The van der Waals surface area contributed by atoms with E-state index in [0.29, 0.717) is 22.7 Å². The molecule has 0 unspecified atom stereocenters. The number of nitrogens with one attached hydrogen (secondary N) is 1. The molecule has 0 spiro atoms. The van der Waals surface area contributed by atoms with Gasteiger partial charge in [-0.15, -0.1) is 0 Å². The number of fused-ring (bicyclic) bond motifs is 1. The summed E-state index contributed by atoms with van der Waals surface area (Å²) < 4.78 is 35.5. The Bertz CT molecular complexity index is 883. The first-order valence-corrected chi connectivity index (χ1v) is 9.39. The van der Waals surface area contributed by atoms with E-state index >= 15 is 0 Å². The zero-order valence-electron chi connectivity index (χ0n) is 13.8. The average Bonchev–Trinajstić information content (AvgIpc) is 3.03. The topological polar surface area (TPSA) is 84.9 Å². The summed E-state index contributed by atoms with van der Waals surface area (Å²) >= 11 is 0. The summed E-state index contributed by atoms with van der Waals surface area (Å²) in [6.07, 6.45) is 1.07. The molecule has 1 aliphatic heterocycles. The van der Waals surface area contributed by atoms with E-state index in [0.717, 1.165) is 10.6 Å². The van der Waals surface area contributed by atoms with Crippen molar-refractivity contribution >= 4 is 21.6 Å². The molecular formula is C17H18N2O5S. The van der Waals surface area contributed by atoms with Gasteiger partial charge < -0.3 is 14.8 Å². The Kier molecular flexibility index (Phi) is 4.65. The lowest BCUT2D eigenvalue weighted by Gasteiger charge is -2.25. The molecule has 0 aromatic heterocycles. The third kappa shape index (κ3) is 3.75. The molecule has 0 aliphatic carbocycles. The van der Waals surface area contributed by atoms with Gasteiger partial charge in [0.2, 0.25) is 22.7 Å². The Morgan fingerprint density at radius 2 is 1.80 bits per heavy atom. The molecule has 25 heavy (non-hydrogen) atoms. The maximum absolute atomic E-state index is 12.8. The van der Waals surface area contributed by atoms with E-state index in [4.69, 9.17) is 9.47 Å². The highest BCUT2D eigenvalue weighted by Gasteiger charge is 2.31. The van der Waals surface area contributed by atoms with E-state index in [-0.39, 0.29) is 6.79 Å². The zero-order chi connectivity index (χ0) is 18.0. The van der Waals surface area contributed by atoms with Gasteiger partial charge in [0.1, 0.15) is 6.04 Å². The van der Waals surface area contributed by atoms with Crippen molar-refractivity contribution in [2.24, 2.45) is 0 Å². The van der Waals surface area contributed by atoms with Crippen molar-refractivity contribution in [3.8, 4) is 11.5 Å². The van der Waals surface area contributed by atoms with Crippen molar-refractivity contribution in [2.75, 3.05) is 25.4 Å². The van der Waals surface area contributed by atoms with Gasteiger partial charge in [-0.05, 0) is 17.7 Å². The number of rotatable bonds is 5. The van der Waals surface area contributed by atoms with Crippen molar-refractivity contribution in [2.45, 2.75) is 6.04 Å². The fourth-order valence-electron chi connectivity index (χ4n) is 2.54. The number of benzene rings is 2. The maximum atomic E-state index is 12.8. The molecule has 2 aromatic rings. The van der Waals surface area contributed by atoms with Crippen LogP contribution in [0.25, 0.3) is 0 Å². The van der Waals surface area contributed by atoms with Crippen LogP contribution in [0, 0.1) is 0 Å². The number of carbonyl (C=O) groups excluding carboxylic acids is 1. The van der Waals surface area contributed by atoms with Crippen LogP contribution in [-0.4, -0.2) is 38.7 Å². The van der Waals surface area contributed by atoms with Crippen molar-refractivity contribution in [3.05, 3.63) is 54.1 Å². The number of sulfonamides is 1. The van der Waals surface area contributed by atoms with Gasteiger partial charge in [0.25, 0.3) is 0 Å². The fourth-order valence-corrected chi connectivity index (χ4v) is 3.14. The molecule has 2 aromatic carbocycles. The second-order valence-corrected chi connectivity index (χ2v) is 7.69. The van der Waals surface area contributed by atoms with Gasteiger partial charge in [-0.1, -0.05) is 30.3 Å². The van der Waals surface area contributed by atoms with Crippen LogP contribution in [0.15, 0.2) is 48.5 Å². The number of amides is 1. The maximum Gasteiger partial charge on any atom is 0.247 e. The molecule has 0 fully saturated rings. The number of carbonyl (C=O) groups is 1. The Balaban J connectivity index is 1.89. The Hall–Kier alpha value is -2.58. The number of hydrogen-bond donors (Lipinski definition) is 1. The minimum absolute atomic E-state index is 0.135. The summed E-state index contributed by atoms with van der Waals surface area (Å²) in [5.74, 6) is 0.675. The summed E-state index contributed by atoms with van der Waals surface area (Å²) in [4.78, 5) is 12.8. The quantitative estimate of drug-likeness (QED) is 0.879. The fraction of sp³-hybridized carbons (Fsp3) is 0.235. The average molecular weight is 362 g/mol. The third-order valence-corrected chi connectivity index (χ3v) is 5.15. The number of anilines is 1. The number of nitrogens with zero attached hydrogens (tertiary/aromatic N) is 1. The van der Waals surface area contributed by atoms with E-state index in [9.17, 15) is 13.2 Å². The van der Waals surface area contributed by atoms with Crippen LogP contribution in [-0.2, 0) is 14.8 Å². The van der Waals surface area contributed by atoms with E-state index in [1.165, 1.54) is 7.05 Å². The SMILES string of the molecule is CN([C@@H](C(=O)Nc1ccc2c(c1)OCO2)c1ccccc1)S(C)(=O)=O. The molecule has 1 amide bonds. The molecule has 3 rings (SSSR count). The molecule has 8 heteroatoms. The number of hydrogen-bond acceptors (Lipinski definition) is 5. The number of likely N-dealkylation sites (N-methyl/N-ethyl adjacent to an activating group) is 1. The Labute approximate surface area is 146 Å². The van der Waals surface area contributed by atoms with Gasteiger partial charge in [0.15, 0.2) is 11.5 Å². The smallest absolute Gasteiger partial charge is 0.247 e. The van der Waals surface area contributed by atoms with E-state index in [1.807, 2.05) is 0 Å². The highest BCUT2D eigenvalue weighted by atomic mass is 32.2. The van der Waals surface area contributed by atoms with Gasteiger partial charge in [-0.3, -0.25) is 4.79 Å². The second-order valence-electron chi connectivity index (χ2n) is 5.65. The Morgan fingerprint density at radius 1 is 1.12 bits per heavy atom. The Morgan fingerprint density at radius 3 is 2.48 bits per heavy atom. The first kappa shape index (κ1) is 17.2. The van der Waals surface area contributed by atoms with Crippen molar-refractivity contribution in [1.82, 2.24) is 4.31 Å². The molecule has 1 N–H and O–H groups in total. The van der Waals surface area contributed by atoms with Crippen LogP contribution in [0.4, 0.5) is 5.69 Å². The summed E-state index contributed by atoms with van der Waals surface area (Å²) in [7, 11) is -2.19. The normalized spacial score (nSPS) is 14.4. The summed E-state index contributed by atoms with van der Waals surface area (Å²) in [6.45, 7) is 0.135. The van der Waals surface area contributed by atoms with Crippen LogP contribution in [0.5, 0.6) is 11.5 Å². The lowest BCUT2D eigenvalue weighted by atomic mass is 10.1. The highest BCUT2D eigenvalue weighted by molar-refractivity contribution is 7.88. The van der Waals surface area contributed by atoms with Crippen molar-refractivity contribution < 1.29 is 22.7 Å². The first-order valence-electron chi connectivity index (χ1n) is 7.55. The lowest BCUT2D eigenvalue weighted by molar-refractivity contribution is -0.119. The van der Waals surface area contributed by atoms with E-state index in [2.05, 4.69) is 5.32 Å². The molecule has 132 valence electrons. The minimum Gasteiger partial charge on any atom is -0.454 e.